The Labute approximate surface area is 164 Å². The normalized spacial score (nSPS) is 12.5. The molecule has 0 radical (unpaired) electrons. The zero-order valence-corrected chi connectivity index (χ0v) is 16.8. The predicted molar refractivity (Wildman–Crippen MR) is 105 cm³/mol. The van der Waals surface area contributed by atoms with Crippen molar-refractivity contribution in [2.45, 2.75) is 31.2 Å². The van der Waals surface area contributed by atoms with Crippen LogP contribution in [0, 0.1) is 0 Å². The molecule has 0 aromatic heterocycles. The molecule has 0 saturated heterocycles. The lowest BCUT2D eigenvalue weighted by atomic mass is 10.2. The van der Waals surface area contributed by atoms with Crippen LogP contribution in [-0.2, 0) is 14.8 Å². The van der Waals surface area contributed by atoms with Gasteiger partial charge in [-0.3, -0.25) is 9.10 Å². The smallest absolute Gasteiger partial charge is 0.264 e. The van der Waals surface area contributed by atoms with Gasteiger partial charge in [0, 0.05) is 6.04 Å². The van der Waals surface area contributed by atoms with E-state index < -0.39 is 15.9 Å². The highest BCUT2D eigenvalue weighted by Gasteiger charge is 2.27. The number of amides is 1. The fraction of sp³-hybridized carbons (Fsp3) is 0.278. The van der Waals surface area contributed by atoms with Crippen LogP contribution >= 0.6 is 23.2 Å². The van der Waals surface area contributed by atoms with Gasteiger partial charge in [0.15, 0.2) is 0 Å². The second-order valence-electron chi connectivity index (χ2n) is 5.80. The number of carbonyl (C=O) groups excluding carboxylic acids is 1. The summed E-state index contributed by atoms with van der Waals surface area (Å²) >= 11 is 12.0. The van der Waals surface area contributed by atoms with Crippen LogP contribution in [0.25, 0.3) is 0 Å². The first-order valence-corrected chi connectivity index (χ1v) is 10.3. The first-order chi connectivity index (χ1) is 12.3. The summed E-state index contributed by atoms with van der Waals surface area (Å²) in [6.07, 6.45) is 0.740. The third kappa shape index (κ3) is 4.90. The quantitative estimate of drug-likeness (QED) is 0.741. The molecule has 0 aliphatic carbocycles. The van der Waals surface area contributed by atoms with Crippen LogP contribution in [-0.4, -0.2) is 26.9 Å². The van der Waals surface area contributed by atoms with Crippen LogP contribution in [0.4, 0.5) is 5.69 Å². The van der Waals surface area contributed by atoms with Crippen molar-refractivity contribution in [3.63, 3.8) is 0 Å². The van der Waals surface area contributed by atoms with Crippen molar-refractivity contribution in [1.82, 2.24) is 5.32 Å². The predicted octanol–water partition coefficient (Wildman–Crippen LogP) is 4.10. The van der Waals surface area contributed by atoms with Crippen molar-refractivity contribution in [2.75, 3.05) is 10.8 Å². The molecule has 2 aromatic rings. The number of hydrogen-bond acceptors (Lipinski definition) is 3. The Morgan fingerprint density at radius 3 is 2.35 bits per heavy atom. The maximum absolute atomic E-state index is 13.1. The van der Waals surface area contributed by atoms with Crippen molar-refractivity contribution in [3.05, 3.63) is 58.6 Å². The number of nitrogens with one attached hydrogen (secondary N) is 1. The van der Waals surface area contributed by atoms with Gasteiger partial charge in [-0.25, -0.2) is 8.42 Å². The minimum atomic E-state index is -3.95. The largest absolute Gasteiger partial charge is 0.352 e. The van der Waals surface area contributed by atoms with E-state index in [1.54, 1.807) is 18.2 Å². The SMILES string of the molecule is CC[C@@H](C)NC(=O)CN(c1ccc(Cl)c(Cl)c1)S(=O)(=O)c1ccccc1. The summed E-state index contributed by atoms with van der Waals surface area (Å²) in [7, 11) is -3.95. The summed E-state index contributed by atoms with van der Waals surface area (Å²) in [5.41, 5.74) is 0.266. The highest BCUT2D eigenvalue weighted by atomic mass is 35.5. The molecule has 0 unspecified atom stereocenters. The molecule has 2 rings (SSSR count). The molecule has 1 N–H and O–H groups in total. The molecule has 0 aliphatic heterocycles. The fourth-order valence-electron chi connectivity index (χ4n) is 2.23. The zero-order valence-electron chi connectivity index (χ0n) is 14.4. The Morgan fingerprint density at radius 1 is 1.12 bits per heavy atom. The van der Waals surface area contributed by atoms with Gasteiger partial charge in [-0.2, -0.15) is 0 Å². The highest BCUT2D eigenvalue weighted by molar-refractivity contribution is 7.92. The van der Waals surface area contributed by atoms with Gasteiger partial charge in [-0.1, -0.05) is 48.3 Å². The summed E-state index contributed by atoms with van der Waals surface area (Å²) in [6, 6.07) is 12.3. The Hall–Kier alpha value is -1.76. The third-order valence-electron chi connectivity index (χ3n) is 3.83. The summed E-state index contributed by atoms with van der Waals surface area (Å²) in [5, 5.41) is 3.29. The molecule has 1 atom stereocenters. The van der Waals surface area contributed by atoms with E-state index in [2.05, 4.69) is 5.32 Å². The first kappa shape index (κ1) is 20.6. The number of anilines is 1. The molecule has 0 fully saturated rings. The molecule has 0 aliphatic rings. The minimum Gasteiger partial charge on any atom is -0.352 e. The van der Waals surface area contributed by atoms with Crippen molar-refractivity contribution in [3.8, 4) is 0 Å². The lowest BCUT2D eigenvalue weighted by Gasteiger charge is -2.25. The van der Waals surface area contributed by atoms with Crippen molar-refractivity contribution >= 4 is 44.8 Å². The maximum atomic E-state index is 13.1. The summed E-state index contributed by atoms with van der Waals surface area (Å²) in [5.74, 6) is -0.398. The molecule has 0 bridgehead atoms. The van der Waals surface area contributed by atoms with E-state index in [1.807, 2.05) is 13.8 Å². The average Bonchev–Trinajstić information content (AvgIpc) is 2.62. The van der Waals surface area contributed by atoms with E-state index >= 15 is 0 Å². The number of hydrogen-bond donors (Lipinski definition) is 1. The molecule has 0 spiro atoms. The van der Waals surface area contributed by atoms with Gasteiger partial charge >= 0.3 is 0 Å². The van der Waals surface area contributed by atoms with E-state index in [0.717, 1.165) is 10.7 Å². The second kappa shape index (κ2) is 8.75. The van der Waals surface area contributed by atoms with Gasteiger partial charge in [0.1, 0.15) is 6.54 Å². The number of sulfonamides is 1. The van der Waals surface area contributed by atoms with Crippen LogP contribution < -0.4 is 9.62 Å². The fourth-order valence-corrected chi connectivity index (χ4v) is 3.95. The lowest BCUT2D eigenvalue weighted by Crippen LogP contribution is -2.43. The van der Waals surface area contributed by atoms with Crippen molar-refractivity contribution in [2.24, 2.45) is 0 Å². The van der Waals surface area contributed by atoms with E-state index in [-0.39, 0.29) is 28.2 Å². The van der Waals surface area contributed by atoms with Crippen LogP contribution in [0.1, 0.15) is 20.3 Å². The molecule has 2 aromatic carbocycles. The van der Waals surface area contributed by atoms with Crippen LogP contribution in [0.2, 0.25) is 10.0 Å². The second-order valence-corrected chi connectivity index (χ2v) is 8.48. The Bertz CT molecular complexity index is 873. The zero-order chi connectivity index (χ0) is 19.3. The number of halogens is 2. The monoisotopic (exact) mass is 414 g/mol. The van der Waals surface area contributed by atoms with Gasteiger partial charge in [-0.15, -0.1) is 0 Å². The molecule has 0 heterocycles. The van der Waals surface area contributed by atoms with E-state index in [4.69, 9.17) is 23.2 Å². The Morgan fingerprint density at radius 2 is 1.77 bits per heavy atom. The van der Waals surface area contributed by atoms with Gasteiger partial charge < -0.3 is 5.32 Å². The van der Waals surface area contributed by atoms with Crippen LogP contribution in [0.5, 0.6) is 0 Å². The van der Waals surface area contributed by atoms with Crippen LogP contribution in [0.3, 0.4) is 0 Å². The molecular formula is C18H20Cl2N2O3S. The minimum absolute atomic E-state index is 0.0578. The van der Waals surface area contributed by atoms with E-state index in [9.17, 15) is 13.2 Å². The summed E-state index contributed by atoms with van der Waals surface area (Å²) < 4.78 is 27.2. The molecule has 0 saturated carbocycles. The lowest BCUT2D eigenvalue weighted by molar-refractivity contribution is -0.120. The van der Waals surface area contributed by atoms with Gasteiger partial charge in [0.2, 0.25) is 5.91 Å². The van der Waals surface area contributed by atoms with Gasteiger partial charge in [0.25, 0.3) is 10.0 Å². The molecule has 1 amide bonds. The van der Waals surface area contributed by atoms with Crippen molar-refractivity contribution in [1.29, 1.82) is 0 Å². The third-order valence-corrected chi connectivity index (χ3v) is 6.36. The van der Waals surface area contributed by atoms with E-state index in [1.165, 1.54) is 30.3 Å². The molecule has 26 heavy (non-hydrogen) atoms. The average molecular weight is 415 g/mol. The molecule has 140 valence electrons. The Balaban J connectivity index is 2.44. The van der Waals surface area contributed by atoms with Crippen LogP contribution in [0.15, 0.2) is 53.4 Å². The first-order valence-electron chi connectivity index (χ1n) is 8.08. The number of benzene rings is 2. The molecular weight excluding hydrogens is 395 g/mol. The standard InChI is InChI=1S/C18H20Cl2N2O3S/c1-3-13(2)21-18(23)12-22(14-9-10-16(19)17(20)11-14)26(24,25)15-7-5-4-6-8-15/h4-11,13H,3,12H2,1-2H3,(H,21,23)/t13-/m1/s1. The van der Waals surface area contributed by atoms with Gasteiger partial charge in [-0.05, 0) is 43.7 Å². The molecule has 8 heteroatoms. The number of carbonyl (C=O) groups is 1. The summed E-state index contributed by atoms with van der Waals surface area (Å²) in [6.45, 7) is 3.43. The number of rotatable bonds is 7. The summed E-state index contributed by atoms with van der Waals surface area (Å²) in [4.78, 5) is 12.4. The number of nitrogens with zero attached hydrogens (tertiary/aromatic N) is 1. The maximum Gasteiger partial charge on any atom is 0.264 e. The van der Waals surface area contributed by atoms with E-state index in [0.29, 0.717) is 5.02 Å². The van der Waals surface area contributed by atoms with Gasteiger partial charge in [0.05, 0.1) is 20.6 Å². The van der Waals surface area contributed by atoms with Crippen molar-refractivity contribution < 1.29 is 13.2 Å². The topological polar surface area (TPSA) is 66.5 Å². The molecule has 5 nitrogen and oxygen atoms in total. The Kier molecular flexibility index (Phi) is 6.92. The highest BCUT2D eigenvalue weighted by Crippen LogP contribution is 2.30.